The van der Waals surface area contributed by atoms with E-state index in [2.05, 4.69) is 5.32 Å². The maximum atomic E-state index is 12.7. The van der Waals surface area contributed by atoms with Crippen molar-refractivity contribution >= 4 is 21.9 Å². The molecule has 3 rings (SSSR count). The van der Waals surface area contributed by atoms with Gasteiger partial charge in [0.15, 0.2) is 6.10 Å². The van der Waals surface area contributed by atoms with Gasteiger partial charge in [0.2, 0.25) is 10.0 Å². The lowest BCUT2D eigenvalue weighted by atomic mass is 10.1. The van der Waals surface area contributed by atoms with E-state index < -0.39 is 22.1 Å². The van der Waals surface area contributed by atoms with Crippen LogP contribution >= 0.6 is 0 Å². The van der Waals surface area contributed by atoms with Gasteiger partial charge in [0, 0.05) is 19.5 Å². The number of piperidine rings is 1. The molecule has 1 aliphatic rings. The number of carbonyl (C=O) groups excluding carboxylic acids is 2. The second-order valence-corrected chi connectivity index (χ2v) is 10.3. The van der Waals surface area contributed by atoms with Crippen molar-refractivity contribution in [2.75, 3.05) is 13.1 Å². The Morgan fingerprint density at radius 2 is 1.61 bits per heavy atom. The van der Waals surface area contributed by atoms with Crippen molar-refractivity contribution in [3.05, 3.63) is 65.7 Å². The SMILES string of the molecule is CC(OC(=O)CCc1ccc(S(=O)(=O)N2CCCCC2)cc1)C(=O)NC(C)c1ccccc1. The average Bonchev–Trinajstić information content (AvgIpc) is 2.84. The molecule has 0 aromatic heterocycles. The molecule has 1 N–H and O–H groups in total. The van der Waals surface area contributed by atoms with Crippen LogP contribution in [0.5, 0.6) is 0 Å². The normalized spacial score (nSPS) is 16.5. The van der Waals surface area contributed by atoms with Crippen molar-refractivity contribution in [1.82, 2.24) is 9.62 Å². The predicted molar refractivity (Wildman–Crippen MR) is 126 cm³/mol. The van der Waals surface area contributed by atoms with Gasteiger partial charge in [-0.15, -0.1) is 0 Å². The van der Waals surface area contributed by atoms with Gasteiger partial charge in [0.1, 0.15) is 0 Å². The van der Waals surface area contributed by atoms with Crippen LogP contribution in [0.2, 0.25) is 0 Å². The van der Waals surface area contributed by atoms with Crippen molar-refractivity contribution in [1.29, 1.82) is 0 Å². The molecule has 2 aromatic rings. The van der Waals surface area contributed by atoms with Crippen LogP contribution in [0.25, 0.3) is 0 Å². The molecule has 1 amide bonds. The summed E-state index contributed by atoms with van der Waals surface area (Å²) in [6.07, 6.45) is 2.44. The number of amides is 1. The highest BCUT2D eigenvalue weighted by Gasteiger charge is 2.25. The van der Waals surface area contributed by atoms with Crippen LogP contribution in [-0.2, 0) is 30.8 Å². The molecule has 0 bridgehead atoms. The summed E-state index contributed by atoms with van der Waals surface area (Å²) in [6, 6.07) is 16.0. The van der Waals surface area contributed by atoms with E-state index in [0.717, 1.165) is 30.4 Å². The van der Waals surface area contributed by atoms with Crippen molar-refractivity contribution < 1.29 is 22.7 Å². The third-order valence-electron chi connectivity index (χ3n) is 5.83. The second kappa shape index (κ2) is 11.4. The van der Waals surface area contributed by atoms with E-state index in [1.165, 1.54) is 4.31 Å². The molecule has 2 atom stereocenters. The van der Waals surface area contributed by atoms with Crippen LogP contribution in [0, 0.1) is 0 Å². The van der Waals surface area contributed by atoms with Gasteiger partial charge >= 0.3 is 5.97 Å². The number of rotatable bonds is 9. The molecule has 0 spiro atoms. The number of benzene rings is 2. The molecule has 7 nitrogen and oxygen atoms in total. The summed E-state index contributed by atoms with van der Waals surface area (Å²) in [5, 5.41) is 2.85. The average molecular weight is 473 g/mol. The zero-order chi connectivity index (χ0) is 23.8. The maximum Gasteiger partial charge on any atom is 0.306 e. The smallest absolute Gasteiger partial charge is 0.306 e. The summed E-state index contributed by atoms with van der Waals surface area (Å²) in [7, 11) is -3.47. The molecule has 1 fully saturated rings. The van der Waals surface area contributed by atoms with Gasteiger partial charge in [-0.1, -0.05) is 48.9 Å². The van der Waals surface area contributed by atoms with E-state index >= 15 is 0 Å². The number of esters is 1. The molecule has 0 aliphatic carbocycles. The Hall–Kier alpha value is -2.71. The van der Waals surface area contributed by atoms with Gasteiger partial charge in [-0.3, -0.25) is 9.59 Å². The largest absolute Gasteiger partial charge is 0.453 e. The summed E-state index contributed by atoms with van der Waals surface area (Å²) in [5.41, 5.74) is 1.80. The zero-order valence-electron chi connectivity index (χ0n) is 19.2. The molecule has 1 saturated heterocycles. The zero-order valence-corrected chi connectivity index (χ0v) is 20.0. The van der Waals surface area contributed by atoms with Crippen LogP contribution in [0.3, 0.4) is 0 Å². The third-order valence-corrected chi connectivity index (χ3v) is 7.74. The van der Waals surface area contributed by atoms with Gasteiger partial charge in [-0.2, -0.15) is 4.31 Å². The predicted octanol–water partition coefficient (Wildman–Crippen LogP) is 3.60. The minimum absolute atomic E-state index is 0.101. The molecule has 1 heterocycles. The van der Waals surface area contributed by atoms with Gasteiger partial charge < -0.3 is 10.1 Å². The summed E-state index contributed by atoms with van der Waals surface area (Å²) >= 11 is 0. The summed E-state index contributed by atoms with van der Waals surface area (Å²) in [4.78, 5) is 24.8. The van der Waals surface area contributed by atoms with E-state index in [0.29, 0.717) is 19.5 Å². The third kappa shape index (κ3) is 6.88. The van der Waals surface area contributed by atoms with Crippen LogP contribution < -0.4 is 5.32 Å². The summed E-state index contributed by atoms with van der Waals surface area (Å²) < 4.78 is 32.3. The van der Waals surface area contributed by atoms with Crippen molar-refractivity contribution in [3.63, 3.8) is 0 Å². The summed E-state index contributed by atoms with van der Waals surface area (Å²) in [5.74, 6) is -0.831. The lowest BCUT2D eigenvalue weighted by Crippen LogP contribution is -2.37. The Morgan fingerprint density at radius 3 is 2.24 bits per heavy atom. The van der Waals surface area contributed by atoms with Gasteiger partial charge in [-0.05, 0) is 56.4 Å². The van der Waals surface area contributed by atoms with Crippen molar-refractivity contribution in [2.24, 2.45) is 0 Å². The lowest BCUT2D eigenvalue weighted by molar-refractivity contribution is -0.155. The maximum absolute atomic E-state index is 12.7. The Balaban J connectivity index is 1.46. The number of aryl methyl sites for hydroxylation is 1. The number of sulfonamides is 1. The number of ether oxygens (including phenoxy) is 1. The van der Waals surface area contributed by atoms with Crippen LogP contribution in [0.1, 0.15) is 56.7 Å². The Morgan fingerprint density at radius 1 is 0.970 bits per heavy atom. The monoisotopic (exact) mass is 472 g/mol. The quantitative estimate of drug-likeness (QED) is 0.563. The molecular weight excluding hydrogens is 440 g/mol. The number of nitrogens with zero attached hydrogens (tertiary/aromatic N) is 1. The molecule has 1 aliphatic heterocycles. The molecule has 2 unspecified atom stereocenters. The molecular formula is C25H32N2O5S. The highest BCUT2D eigenvalue weighted by molar-refractivity contribution is 7.89. The molecule has 178 valence electrons. The van der Waals surface area contributed by atoms with Gasteiger partial charge in [-0.25, -0.2) is 8.42 Å². The first kappa shape index (κ1) is 24.9. The second-order valence-electron chi connectivity index (χ2n) is 8.38. The van der Waals surface area contributed by atoms with Crippen molar-refractivity contribution in [3.8, 4) is 0 Å². The van der Waals surface area contributed by atoms with Crippen LogP contribution in [0.4, 0.5) is 0 Å². The van der Waals surface area contributed by atoms with E-state index in [1.54, 1.807) is 31.2 Å². The minimum atomic E-state index is -3.47. The molecule has 0 radical (unpaired) electrons. The van der Waals surface area contributed by atoms with E-state index in [9.17, 15) is 18.0 Å². The first-order chi connectivity index (χ1) is 15.8. The van der Waals surface area contributed by atoms with Gasteiger partial charge in [0.05, 0.1) is 10.9 Å². The number of hydrogen-bond acceptors (Lipinski definition) is 5. The molecule has 8 heteroatoms. The minimum Gasteiger partial charge on any atom is -0.453 e. The number of hydrogen-bond donors (Lipinski definition) is 1. The first-order valence-electron chi connectivity index (χ1n) is 11.4. The van der Waals surface area contributed by atoms with E-state index in [1.807, 2.05) is 37.3 Å². The standard InChI is InChI=1S/C25H32N2O5S/c1-19(22-9-5-3-6-10-22)26-25(29)20(2)32-24(28)16-13-21-11-14-23(15-12-21)33(30,31)27-17-7-4-8-18-27/h3,5-6,9-12,14-15,19-20H,4,7-8,13,16-18H2,1-2H3,(H,26,29). The topological polar surface area (TPSA) is 92.8 Å². The molecule has 0 saturated carbocycles. The Labute approximate surface area is 196 Å². The Kier molecular flexibility index (Phi) is 8.63. The fourth-order valence-corrected chi connectivity index (χ4v) is 5.31. The first-order valence-corrected chi connectivity index (χ1v) is 12.9. The fourth-order valence-electron chi connectivity index (χ4n) is 3.79. The highest BCUT2D eigenvalue weighted by atomic mass is 32.2. The summed E-state index contributed by atoms with van der Waals surface area (Å²) in [6.45, 7) is 4.54. The van der Waals surface area contributed by atoms with E-state index in [4.69, 9.17) is 4.74 Å². The lowest BCUT2D eigenvalue weighted by Gasteiger charge is -2.25. The highest BCUT2D eigenvalue weighted by Crippen LogP contribution is 2.21. The van der Waals surface area contributed by atoms with Crippen LogP contribution in [0.15, 0.2) is 59.5 Å². The Bertz CT molecular complexity index is 1030. The number of carbonyl (C=O) groups is 2. The van der Waals surface area contributed by atoms with Crippen LogP contribution in [-0.4, -0.2) is 43.8 Å². The molecule has 2 aromatic carbocycles. The molecule has 33 heavy (non-hydrogen) atoms. The van der Waals surface area contributed by atoms with E-state index in [-0.39, 0.29) is 23.3 Å². The fraction of sp³-hybridized carbons (Fsp3) is 0.440. The van der Waals surface area contributed by atoms with Crippen molar-refractivity contribution in [2.45, 2.75) is 63.0 Å². The van der Waals surface area contributed by atoms with Gasteiger partial charge in [0.25, 0.3) is 5.91 Å². The number of nitrogens with one attached hydrogen (secondary N) is 1.